The number of hydrogen-bond acceptors (Lipinski definition) is 3. The Morgan fingerprint density at radius 3 is 2.24 bits per heavy atom. The van der Waals surface area contributed by atoms with Crippen molar-refractivity contribution in [3.8, 4) is 6.07 Å². The summed E-state index contributed by atoms with van der Waals surface area (Å²) < 4.78 is 0. The molecule has 1 N–H and O–H groups in total. The van der Waals surface area contributed by atoms with Crippen molar-refractivity contribution in [1.82, 2.24) is 10.2 Å². The van der Waals surface area contributed by atoms with Crippen molar-refractivity contribution < 1.29 is 4.79 Å². The highest BCUT2D eigenvalue weighted by molar-refractivity contribution is 5.80. The van der Waals surface area contributed by atoms with Crippen molar-refractivity contribution in [1.29, 1.82) is 5.26 Å². The Morgan fingerprint density at radius 1 is 1.19 bits per heavy atom. The van der Waals surface area contributed by atoms with E-state index < -0.39 is 0 Å². The number of carbonyl (C=O) groups is 1. The fourth-order valence-corrected chi connectivity index (χ4v) is 5.94. The molecule has 4 bridgehead atoms. The quantitative estimate of drug-likeness (QED) is 0.864. The second-order valence-corrected chi connectivity index (χ2v) is 8.08. The van der Waals surface area contributed by atoms with Crippen molar-refractivity contribution in [3.63, 3.8) is 0 Å². The zero-order valence-electron chi connectivity index (χ0n) is 12.8. The van der Waals surface area contributed by atoms with Crippen LogP contribution in [0.4, 0.5) is 0 Å². The van der Waals surface area contributed by atoms with Crippen molar-refractivity contribution >= 4 is 5.91 Å². The molecule has 1 heterocycles. The van der Waals surface area contributed by atoms with Crippen LogP contribution in [0.5, 0.6) is 0 Å². The highest BCUT2D eigenvalue weighted by Gasteiger charge is 2.51. The third-order valence-corrected chi connectivity index (χ3v) is 6.46. The van der Waals surface area contributed by atoms with E-state index in [2.05, 4.69) is 11.4 Å². The topological polar surface area (TPSA) is 56.1 Å². The number of rotatable bonds is 3. The molecule has 4 nitrogen and oxygen atoms in total. The Hall–Kier alpha value is -1.08. The lowest BCUT2D eigenvalue weighted by Gasteiger charge is -2.57. The lowest BCUT2D eigenvalue weighted by Crippen LogP contribution is -2.63. The molecule has 2 unspecified atom stereocenters. The van der Waals surface area contributed by atoms with Crippen molar-refractivity contribution in [2.75, 3.05) is 6.54 Å². The van der Waals surface area contributed by atoms with Gasteiger partial charge in [0.15, 0.2) is 0 Å². The first kappa shape index (κ1) is 13.6. The van der Waals surface area contributed by atoms with Crippen LogP contribution in [0.25, 0.3) is 0 Å². The standard InChI is InChI=1S/C17H25N3O/c1-11-2-15(9-18)20(11)16(21)10-19-17-6-12-3-13(7-17)5-14(4-12)8-17/h11-15,19H,2-8,10H2,1H3. The highest BCUT2D eigenvalue weighted by atomic mass is 16.2. The van der Waals surface area contributed by atoms with Crippen LogP contribution in [0.15, 0.2) is 0 Å². The first-order chi connectivity index (χ1) is 10.1. The molecule has 4 heteroatoms. The molecule has 0 spiro atoms. The Morgan fingerprint density at radius 2 is 1.76 bits per heavy atom. The van der Waals surface area contributed by atoms with Gasteiger partial charge in [0.1, 0.15) is 6.04 Å². The monoisotopic (exact) mass is 287 g/mol. The second kappa shape index (κ2) is 4.71. The molecule has 1 aliphatic heterocycles. The van der Waals surface area contributed by atoms with Crippen LogP contribution in [0, 0.1) is 29.1 Å². The largest absolute Gasteiger partial charge is 0.323 e. The number of likely N-dealkylation sites (tertiary alicyclic amines) is 1. The highest BCUT2D eigenvalue weighted by Crippen LogP contribution is 2.55. The van der Waals surface area contributed by atoms with Crippen LogP contribution in [0.2, 0.25) is 0 Å². The number of carbonyl (C=O) groups excluding carboxylic acids is 1. The van der Waals surface area contributed by atoms with Gasteiger partial charge in [-0.3, -0.25) is 4.79 Å². The summed E-state index contributed by atoms with van der Waals surface area (Å²) in [6.45, 7) is 2.46. The number of nitriles is 1. The van der Waals surface area contributed by atoms with Crippen LogP contribution in [-0.4, -0.2) is 35.0 Å². The molecule has 0 aromatic heterocycles. The van der Waals surface area contributed by atoms with Crippen molar-refractivity contribution in [2.45, 2.75) is 69.5 Å². The van der Waals surface area contributed by atoms with Gasteiger partial charge in [0.25, 0.3) is 0 Å². The SMILES string of the molecule is CC1CC(C#N)N1C(=O)CNC12CC3CC(CC(C3)C1)C2. The molecule has 0 aromatic rings. The van der Waals surface area contributed by atoms with E-state index in [4.69, 9.17) is 5.26 Å². The lowest BCUT2D eigenvalue weighted by atomic mass is 9.53. The van der Waals surface area contributed by atoms with Gasteiger partial charge in [-0.05, 0) is 63.2 Å². The average Bonchev–Trinajstić information content (AvgIpc) is 2.41. The average molecular weight is 287 g/mol. The molecule has 2 atom stereocenters. The minimum Gasteiger partial charge on any atom is -0.323 e. The Bertz CT molecular complexity index is 459. The molecule has 114 valence electrons. The maximum absolute atomic E-state index is 12.4. The van der Waals surface area contributed by atoms with Crippen LogP contribution in [0.1, 0.15) is 51.9 Å². The molecular weight excluding hydrogens is 262 g/mol. The molecule has 21 heavy (non-hydrogen) atoms. The number of amides is 1. The lowest BCUT2D eigenvalue weighted by molar-refractivity contribution is -0.141. The Labute approximate surface area is 126 Å². The smallest absolute Gasteiger partial charge is 0.237 e. The summed E-state index contributed by atoms with van der Waals surface area (Å²) >= 11 is 0. The first-order valence-corrected chi connectivity index (χ1v) is 8.54. The van der Waals surface area contributed by atoms with Gasteiger partial charge in [-0.1, -0.05) is 0 Å². The maximum Gasteiger partial charge on any atom is 0.237 e. The van der Waals surface area contributed by atoms with Gasteiger partial charge in [-0.2, -0.15) is 5.26 Å². The fraction of sp³-hybridized carbons (Fsp3) is 0.882. The third kappa shape index (κ3) is 2.17. The number of nitrogens with zero attached hydrogens (tertiary/aromatic N) is 2. The van der Waals surface area contributed by atoms with Gasteiger partial charge in [-0.25, -0.2) is 0 Å². The van der Waals surface area contributed by atoms with E-state index in [0.29, 0.717) is 6.54 Å². The van der Waals surface area contributed by atoms with Crippen LogP contribution < -0.4 is 5.32 Å². The van der Waals surface area contributed by atoms with Gasteiger partial charge in [0.2, 0.25) is 5.91 Å². The molecule has 0 aromatic carbocycles. The Balaban J connectivity index is 1.39. The van der Waals surface area contributed by atoms with E-state index in [0.717, 1.165) is 24.2 Å². The van der Waals surface area contributed by atoms with Gasteiger partial charge in [0, 0.05) is 18.0 Å². The molecule has 5 fully saturated rings. The van der Waals surface area contributed by atoms with E-state index in [1.54, 1.807) is 4.90 Å². The number of hydrogen-bond donors (Lipinski definition) is 1. The van der Waals surface area contributed by atoms with Crippen molar-refractivity contribution in [3.05, 3.63) is 0 Å². The zero-order valence-corrected chi connectivity index (χ0v) is 12.8. The van der Waals surface area contributed by atoms with Crippen LogP contribution in [0.3, 0.4) is 0 Å². The van der Waals surface area contributed by atoms with Gasteiger partial charge in [-0.15, -0.1) is 0 Å². The zero-order chi connectivity index (χ0) is 14.6. The van der Waals surface area contributed by atoms with E-state index >= 15 is 0 Å². The summed E-state index contributed by atoms with van der Waals surface area (Å²) in [6, 6.07) is 2.28. The van der Waals surface area contributed by atoms with Crippen LogP contribution >= 0.6 is 0 Å². The van der Waals surface area contributed by atoms with E-state index in [1.807, 2.05) is 6.92 Å². The maximum atomic E-state index is 12.4. The molecule has 1 amide bonds. The summed E-state index contributed by atoms with van der Waals surface area (Å²) in [6.07, 6.45) is 8.91. The summed E-state index contributed by atoms with van der Waals surface area (Å²) in [7, 11) is 0. The molecule has 5 aliphatic rings. The molecule has 4 aliphatic carbocycles. The minimum atomic E-state index is -0.189. The minimum absolute atomic E-state index is 0.121. The second-order valence-electron chi connectivity index (χ2n) is 8.08. The molecule has 1 saturated heterocycles. The summed E-state index contributed by atoms with van der Waals surface area (Å²) in [4.78, 5) is 14.2. The predicted octanol–water partition coefficient (Wildman–Crippen LogP) is 2.06. The number of nitrogens with one attached hydrogen (secondary N) is 1. The summed E-state index contributed by atoms with van der Waals surface area (Å²) in [5.41, 5.74) is 0.237. The molecule has 5 rings (SSSR count). The van der Waals surface area contributed by atoms with E-state index in [9.17, 15) is 4.79 Å². The summed E-state index contributed by atoms with van der Waals surface area (Å²) in [5, 5.41) is 12.7. The fourth-order valence-electron chi connectivity index (χ4n) is 5.94. The third-order valence-electron chi connectivity index (χ3n) is 6.46. The van der Waals surface area contributed by atoms with Crippen molar-refractivity contribution in [2.24, 2.45) is 17.8 Å². The van der Waals surface area contributed by atoms with Gasteiger partial charge < -0.3 is 10.2 Å². The predicted molar refractivity (Wildman–Crippen MR) is 79.2 cm³/mol. The first-order valence-electron chi connectivity index (χ1n) is 8.54. The van der Waals surface area contributed by atoms with Crippen LogP contribution in [-0.2, 0) is 4.79 Å². The Kier molecular flexibility index (Phi) is 3.04. The normalized spacial score (nSPS) is 47.0. The van der Waals surface area contributed by atoms with Gasteiger partial charge in [0.05, 0.1) is 12.6 Å². The summed E-state index contributed by atoms with van der Waals surface area (Å²) in [5.74, 6) is 2.81. The molecule has 0 radical (unpaired) electrons. The molecule has 4 saturated carbocycles. The van der Waals surface area contributed by atoms with Gasteiger partial charge >= 0.3 is 0 Å². The van der Waals surface area contributed by atoms with E-state index in [1.165, 1.54) is 38.5 Å². The van der Waals surface area contributed by atoms with E-state index in [-0.39, 0.29) is 23.5 Å². The molecular formula is C17H25N3O.